The predicted molar refractivity (Wildman–Crippen MR) is 115 cm³/mol. The van der Waals surface area contributed by atoms with Gasteiger partial charge >= 0.3 is 5.97 Å². The molecule has 1 fully saturated rings. The fourth-order valence-corrected chi connectivity index (χ4v) is 4.54. The van der Waals surface area contributed by atoms with E-state index in [1.54, 1.807) is 27.0 Å². The minimum atomic E-state index is -0.471. The first-order valence-electron chi connectivity index (χ1n) is 10.8. The molecule has 6 heteroatoms. The van der Waals surface area contributed by atoms with Crippen LogP contribution in [-0.2, 0) is 14.3 Å². The van der Waals surface area contributed by atoms with Crippen LogP contribution in [0.5, 0.6) is 17.2 Å². The van der Waals surface area contributed by atoms with Gasteiger partial charge < -0.3 is 18.9 Å². The van der Waals surface area contributed by atoms with Crippen LogP contribution in [-0.4, -0.2) is 38.2 Å². The molecule has 0 spiro atoms. The Morgan fingerprint density at radius 2 is 1.73 bits per heavy atom. The number of hydrogen-bond acceptors (Lipinski definition) is 6. The lowest BCUT2D eigenvalue weighted by atomic mass is 9.77. The lowest BCUT2D eigenvalue weighted by Gasteiger charge is -2.28. The Hall–Kier alpha value is -2.24. The third-order valence-corrected chi connectivity index (χ3v) is 5.96. The molecule has 0 N–H and O–H groups in total. The van der Waals surface area contributed by atoms with Crippen LogP contribution in [0.4, 0.5) is 0 Å². The Bertz CT molecular complexity index is 754. The van der Waals surface area contributed by atoms with Gasteiger partial charge in [0.05, 0.1) is 25.7 Å². The number of hydrogen-bond donors (Lipinski definition) is 0. The number of esters is 1. The van der Waals surface area contributed by atoms with Crippen LogP contribution in [0.1, 0.15) is 59.9 Å². The van der Waals surface area contributed by atoms with E-state index >= 15 is 0 Å². The second-order valence-electron chi connectivity index (χ2n) is 8.62. The minimum absolute atomic E-state index is 0.0428. The topological polar surface area (TPSA) is 71.1 Å². The second-order valence-corrected chi connectivity index (χ2v) is 8.62. The Balaban J connectivity index is 2.56. The van der Waals surface area contributed by atoms with Gasteiger partial charge in [-0.1, -0.05) is 33.8 Å². The summed E-state index contributed by atoms with van der Waals surface area (Å²) >= 11 is 0. The fourth-order valence-electron chi connectivity index (χ4n) is 4.54. The van der Waals surface area contributed by atoms with E-state index in [2.05, 4.69) is 20.8 Å². The first kappa shape index (κ1) is 24.0. The quantitative estimate of drug-likeness (QED) is 0.542. The van der Waals surface area contributed by atoms with Crippen molar-refractivity contribution in [2.24, 2.45) is 23.7 Å². The number of ketones is 1. The third kappa shape index (κ3) is 4.90. The van der Waals surface area contributed by atoms with E-state index in [1.807, 2.05) is 19.9 Å². The van der Waals surface area contributed by atoms with Crippen molar-refractivity contribution in [3.8, 4) is 17.2 Å². The standard InChI is InChI=1S/C24H36O6/c1-9-28-24-18(27-8)11-10-17(23(24)29-12-19(25)30-14(4)5)21-20(13(2)3)15(6)16(7)22(21)26/h10-11,13-16,20-21H,9,12H2,1-8H3. The molecule has 1 saturated carbocycles. The van der Waals surface area contributed by atoms with Crippen LogP contribution in [0.15, 0.2) is 12.1 Å². The monoisotopic (exact) mass is 420 g/mol. The molecule has 30 heavy (non-hydrogen) atoms. The largest absolute Gasteiger partial charge is 0.493 e. The number of rotatable bonds is 9. The summed E-state index contributed by atoms with van der Waals surface area (Å²) in [6.45, 7) is 14.0. The molecule has 0 aliphatic heterocycles. The van der Waals surface area contributed by atoms with Crippen molar-refractivity contribution in [3.63, 3.8) is 0 Å². The predicted octanol–water partition coefficient (Wildman–Crippen LogP) is 4.64. The number of carbonyl (C=O) groups is 2. The molecule has 4 unspecified atom stereocenters. The van der Waals surface area contributed by atoms with Crippen molar-refractivity contribution in [3.05, 3.63) is 17.7 Å². The molecule has 0 heterocycles. The van der Waals surface area contributed by atoms with Crippen LogP contribution in [0.3, 0.4) is 0 Å². The number of methoxy groups -OCH3 is 1. The summed E-state index contributed by atoms with van der Waals surface area (Å²) < 4.78 is 22.5. The van der Waals surface area contributed by atoms with Crippen molar-refractivity contribution in [2.75, 3.05) is 20.3 Å². The molecule has 168 valence electrons. The highest BCUT2D eigenvalue weighted by Gasteiger charge is 2.48. The summed E-state index contributed by atoms with van der Waals surface area (Å²) in [5.41, 5.74) is 0.747. The van der Waals surface area contributed by atoms with Gasteiger partial charge in [0.15, 0.2) is 18.1 Å². The molecule has 1 aromatic carbocycles. The Morgan fingerprint density at radius 1 is 1.07 bits per heavy atom. The number of carbonyl (C=O) groups excluding carboxylic acids is 2. The minimum Gasteiger partial charge on any atom is -0.493 e. The highest BCUT2D eigenvalue weighted by atomic mass is 16.6. The van der Waals surface area contributed by atoms with Gasteiger partial charge in [0, 0.05) is 11.5 Å². The van der Waals surface area contributed by atoms with E-state index in [-0.39, 0.29) is 42.2 Å². The smallest absolute Gasteiger partial charge is 0.344 e. The second kappa shape index (κ2) is 10.2. The zero-order valence-corrected chi connectivity index (χ0v) is 19.5. The highest BCUT2D eigenvalue weighted by molar-refractivity contribution is 5.91. The third-order valence-electron chi connectivity index (χ3n) is 5.96. The summed E-state index contributed by atoms with van der Waals surface area (Å²) in [4.78, 5) is 25.4. The van der Waals surface area contributed by atoms with Crippen LogP contribution in [0, 0.1) is 23.7 Å². The molecule has 1 aliphatic carbocycles. The first-order valence-corrected chi connectivity index (χ1v) is 10.8. The Kier molecular flexibility index (Phi) is 8.16. The molecule has 0 aromatic heterocycles. The molecule has 6 nitrogen and oxygen atoms in total. The van der Waals surface area contributed by atoms with E-state index in [9.17, 15) is 9.59 Å². The number of Topliss-reactive ketones (excluding diaryl/α,β-unsaturated/α-hetero) is 1. The number of benzene rings is 1. The SMILES string of the molecule is CCOc1c(OC)ccc(C2C(=O)C(C)C(C)C2C(C)C)c1OCC(=O)OC(C)C. The zero-order chi connectivity index (χ0) is 22.6. The summed E-state index contributed by atoms with van der Waals surface area (Å²) in [6.07, 6.45) is -0.235. The van der Waals surface area contributed by atoms with E-state index in [1.165, 1.54) is 0 Å². The van der Waals surface area contributed by atoms with Gasteiger partial charge in [0.2, 0.25) is 5.75 Å². The van der Waals surface area contributed by atoms with Gasteiger partial charge in [-0.3, -0.25) is 4.79 Å². The average molecular weight is 421 g/mol. The molecular formula is C24H36O6. The average Bonchev–Trinajstić information content (AvgIpc) is 2.90. The van der Waals surface area contributed by atoms with Crippen molar-refractivity contribution in [1.29, 1.82) is 0 Å². The maximum atomic E-state index is 13.3. The molecule has 1 aliphatic rings. The van der Waals surface area contributed by atoms with Crippen LogP contribution < -0.4 is 14.2 Å². The van der Waals surface area contributed by atoms with Gasteiger partial charge in [-0.25, -0.2) is 4.79 Å². The molecule has 2 rings (SSSR count). The Labute approximate surface area is 180 Å². The number of ether oxygens (including phenoxy) is 4. The van der Waals surface area contributed by atoms with Crippen molar-refractivity contribution < 1.29 is 28.5 Å². The van der Waals surface area contributed by atoms with Crippen LogP contribution >= 0.6 is 0 Å². The van der Waals surface area contributed by atoms with E-state index in [0.717, 1.165) is 5.56 Å². The molecule has 0 radical (unpaired) electrons. The van der Waals surface area contributed by atoms with Crippen LogP contribution in [0.2, 0.25) is 0 Å². The van der Waals surface area contributed by atoms with E-state index in [4.69, 9.17) is 18.9 Å². The molecule has 0 bridgehead atoms. The summed E-state index contributed by atoms with van der Waals surface area (Å²) in [5, 5.41) is 0. The fraction of sp³-hybridized carbons (Fsp3) is 0.667. The summed E-state index contributed by atoms with van der Waals surface area (Å²) in [6, 6.07) is 3.67. The van der Waals surface area contributed by atoms with Crippen LogP contribution in [0.25, 0.3) is 0 Å². The van der Waals surface area contributed by atoms with Gasteiger partial charge in [-0.2, -0.15) is 0 Å². The lowest BCUT2D eigenvalue weighted by Crippen LogP contribution is -2.23. The normalized spacial score (nSPS) is 23.7. The summed E-state index contributed by atoms with van der Waals surface area (Å²) in [5.74, 6) is 1.40. The van der Waals surface area contributed by atoms with Gasteiger partial charge in [0.1, 0.15) is 5.78 Å². The van der Waals surface area contributed by atoms with Gasteiger partial charge in [-0.15, -0.1) is 0 Å². The first-order chi connectivity index (χ1) is 14.1. The van der Waals surface area contributed by atoms with E-state index in [0.29, 0.717) is 29.8 Å². The van der Waals surface area contributed by atoms with Crippen molar-refractivity contribution in [1.82, 2.24) is 0 Å². The van der Waals surface area contributed by atoms with Crippen molar-refractivity contribution in [2.45, 2.75) is 60.5 Å². The van der Waals surface area contributed by atoms with Gasteiger partial charge in [-0.05, 0) is 44.6 Å². The molecular weight excluding hydrogens is 384 g/mol. The maximum Gasteiger partial charge on any atom is 0.344 e. The molecule has 4 atom stereocenters. The molecule has 1 aromatic rings. The lowest BCUT2D eigenvalue weighted by molar-refractivity contribution is -0.149. The zero-order valence-electron chi connectivity index (χ0n) is 19.5. The summed E-state index contributed by atoms with van der Waals surface area (Å²) in [7, 11) is 1.55. The van der Waals surface area contributed by atoms with Crippen molar-refractivity contribution >= 4 is 11.8 Å². The molecule has 0 saturated heterocycles. The highest BCUT2D eigenvalue weighted by Crippen LogP contribution is 2.53. The molecule has 0 amide bonds. The maximum absolute atomic E-state index is 13.3. The van der Waals surface area contributed by atoms with E-state index < -0.39 is 5.97 Å². The van der Waals surface area contributed by atoms with Gasteiger partial charge in [0.25, 0.3) is 0 Å². The Morgan fingerprint density at radius 3 is 2.27 bits per heavy atom.